The molecule has 0 heterocycles. The molecular weight excluding hydrogens is 238 g/mol. The summed E-state index contributed by atoms with van der Waals surface area (Å²) in [5.41, 5.74) is 6.35. The van der Waals surface area contributed by atoms with E-state index in [9.17, 15) is 4.79 Å². The Morgan fingerprint density at radius 3 is 1.95 bits per heavy atom. The summed E-state index contributed by atoms with van der Waals surface area (Å²) in [6.45, 7) is 8.46. The summed E-state index contributed by atoms with van der Waals surface area (Å²) in [7, 11) is 1.33. The lowest BCUT2D eigenvalue weighted by molar-refractivity contribution is 0.0602. The van der Waals surface area contributed by atoms with Gasteiger partial charge in [0.15, 0.2) is 0 Å². The molecule has 19 heavy (non-hydrogen) atoms. The van der Waals surface area contributed by atoms with E-state index in [2.05, 4.69) is 18.6 Å². The smallest absolute Gasteiger partial charge is 0.339 e. The maximum Gasteiger partial charge on any atom is 0.339 e. The Labute approximate surface area is 118 Å². The molecule has 0 aromatic heterocycles. The van der Waals surface area contributed by atoms with Crippen molar-refractivity contribution in [2.75, 3.05) is 12.8 Å². The van der Waals surface area contributed by atoms with Gasteiger partial charge >= 0.3 is 5.97 Å². The zero-order chi connectivity index (χ0) is 15.1. The molecule has 1 rings (SSSR count). The van der Waals surface area contributed by atoms with Crippen molar-refractivity contribution in [2.24, 2.45) is 0 Å². The van der Waals surface area contributed by atoms with E-state index in [0.29, 0.717) is 11.3 Å². The third-order valence-corrected chi connectivity index (χ3v) is 2.32. The molecule has 0 aliphatic heterocycles. The van der Waals surface area contributed by atoms with Gasteiger partial charge in [0.1, 0.15) is 0 Å². The van der Waals surface area contributed by atoms with Crippen LogP contribution in [0.1, 0.15) is 63.7 Å². The van der Waals surface area contributed by atoms with E-state index < -0.39 is 5.97 Å². The highest BCUT2D eigenvalue weighted by molar-refractivity contribution is 5.94. The molecular formula is C16H29NO2. The van der Waals surface area contributed by atoms with Crippen LogP contribution in [0.5, 0.6) is 0 Å². The summed E-state index contributed by atoms with van der Waals surface area (Å²) >= 11 is 0. The SMILES string of the molecule is CC.CCCCCC.COC(=O)c1ccccc1N. The highest BCUT2D eigenvalue weighted by Gasteiger charge is 2.06. The molecule has 0 bridgehead atoms. The first-order valence-electron chi connectivity index (χ1n) is 7.10. The first-order valence-corrected chi connectivity index (χ1v) is 7.10. The van der Waals surface area contributed by atoms with Crippen molar-refractivity contribution in [3.8, 4) is 0 Å². The van der Waals surface area contributed by atoms with Gasteiger partial charge in [0, 0.05) is 5.69 Å². The zero-order valence-corrected chi connectivity index (χ0v) is 13.0. The molecule has 0 spiro atoms. The summed E-state index contributed by atoms with van der Waals surface area (Å²) in [5, 5.41) is 0. The molecule has 0 saturated carbocycles. The van der Waals surface area contributed by atoms with Gasteiger partial charge in [-0.15, -0.1) is 0 Å². The second-order valence-corrected chi connectivity index (χ2v) is 3.79. The Kier molecular flexibility index (Phi) is 15.2. The largest absolute Gasteiger partial charge is 0.465 e. The Morgan fingerprint density at radius 1 is 1.11 bits per heavy atom. The third kappa shape index (κ3) is 10.1. The minimum atomic E-state index is -0.400. The number of nitrogen functional groups attached to an aromatic ring is 1. The Hall–Kier alpha value is -1.51. The number of carbonyl (C=O) groups excluding carboxylic acids is 1. The summed E-state index contributed by atoms with van der Waals surface area (Å²) in [5.74, 6) is -0.400. The van der Waals surface area contributed by atoms with E-state index in [1.165, 1.54) is 32.8 Å². The molecule has 110 valence electrons. The van der Waals surface area contributed by atoms with Crippen LogP contribution in [-0.4, -0.2) is 13.1 Å². The van der Waals surface area contributed by atoms with Gasteiger partial charge in [-0.1, -0.05) is 65.5 Å². The number of benzene rings is 1. The quantitative estimate of drug-likeness (QED) is 0.490. The minimum absolute atomic E-state index is 0.400. The fourth-order valence-electron chi connectivity index (χ4n) is 1.29. The fourth-order valence-corrected chi connectivity index (χ4v) is 1.29. The lowest BCUT2D eigenvalue weighted by Crippen LogP contribution is -2.04. The predicted octanol–water partition coefficient (Wildman–Crippen LogP) is 4.67. The van der Waals surface area contributed by atoms with Crippen LogP contribution >= 0.6 is 0 Å². The molecule has 2 N–H and O–H groups in total. The van der Waals surface area contributed by atoms with Crippen LogP contribution in [0.4, 0.5) is 5.69 Å². The molecule has 0 saturated heterocycles. The lowest BCUT2D eigenvalue weighted by Gasteiger charge is -2.00. The molecule has 1 aromatic carbocycles. The number of ether oxygens (including phenoxy) is 1. The van der Waals surface area contributed by atoms with Gasteiger partial charge < -0.3 is 10.5 Å². The number of anilines is 1. The van der Waals surface area contributed by atoms with Gasteiger partial charge in [-0.3, -0.25) is 0 Å². The van der Waals surface area contributed by atoms with E-state index in [1.807, 2.05) is 13.8 Å². The Bertz CT molecular complexity index is 320. The van der Waals surface area contributed by atoms with Crippen LogP contribution in [0.3, 0.4) is 0 Å². The predicted molar refractivity (Wildman–Crippen MR) is 83.4 cm³/mol. The number of nitrogens with two attached hydrogens (primary N) is 1. The number of hydrogen-bond acceptors (Lipinski definition) is 3. The number of hydrogen-bond donors (Lipinski definition) is 1. The van der Waals surface area contributed by atoms with Crippen molar-refractivity contribution in [1.29, 1.82) is 0 Å². The Balaban J connectivity index is 0. The summed E-state index contributed by atoms with van der Waals surface area (Å²) < 4.78 is 4.50. The van der Waals surface area contributed by atoms with Crippen molar-refractivity contribution in [1.82, 2.24) is 0 Å². The Morgan fingerprint density at radius 2 is 1.58 bits per heavy atom. The van der Waals surface area contributed by atoms with Gasteiger partial charge in [0.05, 0.1) is 12.7 Å². The van der Waals surface area contributed by atoms with E-state index in [1.54, 1.807) is 24.3 Å². The number of carbonyl (C=O) groups is 1. The van der Waals surface area contributed by atoms with E-state index in [0.717, 1.165) is 0 Å². The van der Waals surface area contributed by atoms with Crippen LogP contribution in [0.15, 0.2) is 24.3 Å². The monoisotopic (exact) mass is 267 g/mol. The number of rotatable bonds is 4. The van der Waals surface area contributed by atoms with Gasteiger partial charge in [0.2, 0.25) is 0 Å². The van der Waals surface area contributed by atoms with Crippen molar-refractivity contribution >= 4 is 11.7 Å². The van der Waals surface area contributed by atoms with E-state index in [-0.39, 0.29) is 0 Å². The van der Waals surface area contributed by atoms with E-state index in [4.69, 9.17) is 5.73 Å². The summed E-state index contributed by atoms with van der Waals surface area (Å²) in [6.07, 6.45) is 5.54. The highest BCUT2D eigenvalue weighted by atomic mass is 16.5. The number of esters is 1. The molecule has 0 radical (unpaired) electrons. The molecule has 0 aliphatic rings. The van der Waals surface area contributed by atoms with E-state index >= 15 is 0 Å². The minimum Gasteiger partial charge on any atom is -0.465 e. The standard InChI is InChI=1S/C8H9NO2.C6H14.C2H6/c1-11-8(10)6-4-2-3-5-7(6)9;1-3-5-6-4-2;1-2/h2-5H,9H2,1H3;3-6H2,1-2H3;1-2H3. The first kappa shape index (κ1) is 19.8. The maximum absolute atomic E-state index is 10.9. The average molecular weight is 267 g/mol. The normalized spacial score (nSPS) is 8.47. The fraction of sp³-hybridized carbons (Fsp3) is 0.562. The van der Waals surface area contributed by atoms with Crippen LogP contribution in [-0.2, 0) is 4.74 Å². The molecule has 3 heteroatoms. The van der Waals surface area contributed by atoms with Gasteiger partial charge in [-0.25, -0.2) is 4.79 Å². The molecule has 0 amide bonds. The van der Waals surface area contributed by atoms with Crippen LogP contribution in [0.2, 0.25) is 0 Å². The van der Waals surface area contributed by atoms with Gasteiger partial charge in [-0.2, -0.15) is 0 Å². The lowest BCUT2D eigenvalue weighted by atomic mass is 10.2. The second-order valence-electron chi connectivity index (χ2n) is 3.79. The summed E-state index contributed by atoms with van der Waals surface area (Å²) in [4.78, 5) is 10.9. The molecule has 0 atom stereocenters. The topological polar surface area (TPSA) is 52.3 Å². The molecule has 0 unspecified atom stereocenters. The van der Waals surface area contributed by atoms with Crippen LogP contribution in [0, 0.1) is 0 Å². The molecule has 3 nitrogen and oxygen atoms in total. The van der Waals surface area contributed by atoms with Crippen molar-refractivity contribution in [2.45, 2.75) is 53.4 Å². The van der Waals surface area contributed by atoms with Crippen LogP contribution < -0.4 is 5.73 Å². The van der Waals surface area contributed by atoms with Crippen molar-refractivity contribution in [3.63, 3.8) is 0 Å². The number of unbranched alkanes of at least 4 members (excludes halogenated alkanes) is 3. The van der Waals surface area contributed by atoms with Gasteiger partial charge in [-0.05, 0) is 12.1 Å². The van der Waals surface area contributed by atoms with Crippen molar-refractivity contribution in [3.05, 3.63) is 29.8 Å². The second kappa shape index (κ2) is 14.6. The van der Waals surface area contributed by atoms with Crippen LogP contribution in [0.25, 0.3) is 0 Å². The average Bonchev–Trinajstić information content (AvgIpc) is 2.47. The maximum atomic E-state index is 10.9. The summed E-state index contributed by atoms with van der Waals surface area (Å²) in [6, 6.07) is 6.79. The molecule has 1 aromatic rings. The third-order valence-electron chi connectivity index (χ3n) is 2.32. The highest BCUT2D eigenvalue weighted by Crippen LogP contribution is 2.10. The number of methoxy groups -OCH3 is 1. The molecule has 0 fully saturated rings. The van der Waals surface area contributed by atoms with Gasteiger partial charge in [0.25, 0.3) is 0 Å². The van der Waals surface area contributed by atoms with Crippen molar-refractivity contribution < 1.29 is 9.53 Å². The first-order chi connectivity index (χ1) is 9.17. The zero-order valence-electron chi connectivity index (χ0n) is 13.0. The number of para-hydroxylation sites is 1. The molecule has 0 aliphatic carbocycles.